The zero-order valence-electron chi connectivity index (χ0n) is 25.3. The van der Waals surface area contributed by atoms with Crippen molar-refractivity contribution in [3.63, 3.8) is 0 Å². The summed E-state index contributed by atoms with van der Waals surface area (Å²) in [6.07, 6.45) is 9.93. The molecule has 2 N–H and O–H groups in total. The third kappa shape index (κ3) is 3.08. The highest BCUT2D eigenvalue weighted by Crippen LogP contribution is 2.76. The summed E-state index contributed by atoms with van der Waals surface area (Å²) in [7, 11) is 0. The van der Waals surface area contributed by atoms with Gasteiger partial charge >= 0.3 is 5.97 Å². The Hall–Kier alpha value is -0.910. The maximum atomic E-state index is 13.0. The fourth-order valence-corrected chi connectivity index (χ4v) is 12.0. The average Bonchev–Trinajstić information content (AvgIpc) is 3.11. The molecule has 1 saturated heterocycles. The number of rotatable bonds is 1. The van der Waals surface area contributed by atoms with Crippen molar-refractivity contribution in [3.8, 4) is 0 Å². The van der Waals surface area contributed by atoms with E-state index in [0.717, 1.165) is 38.5 Å². The lowest BCUT2D eigenvalue weighted by Gasteiger charge is -2.72. The summed E-state index contributed by atoms with van der Waals surface area (Å²) in [6.45, 7) is 20.5. The minimum atomic E-state index is -1.02. The molecule has 4 saturated carbocycles. The SMILES string of the molecule is C[C@@H]1CC[C@]2(C(=O)O)CC[C@]3(C)C(=CC[C@@H]4[C@]5(C)C[C@H]6OC(C)(C)O[C@H]6C(C)(C)[C@H]5CC[C@]43C)[C@H]2[C@]1(C)O. The summed E-state index contributed by atoms with van der Waals surface area (Å²) in [5.74, 6) is -0.457. The highest BCUT2D eigenvalue weighted by molar-refractivity contribution is 5.77. The van der Waals surface area contributed by atoms with E-state index in [1.165, 1.54) is 5.57 Å². The Morgan fingerprint density at radius 1 is 0.921 bits per heavy atom. The number of fused-ring (bicyclic) bond motifs is 8. The van der Waals surface area contributed by atoms with Crippen molar-refractivity contribution >= 4 is 5.97 Å². The quantitative estimate of drug-likeness (QED) is 0.359. The minimum absolute atomic E-state index is 0.0190. The molecule has 5 nitrogen and oxygen atoms in total. The van der Waals surface area contributed by atoms with Crippen molar-refractivity contribution in [2.75, 3.05) is 0 Å². The Morgan fingerprint density at radius 3 is 2.26 bits per heavy atom. The van der Waals surface area contributed by atoms with E-state index in [4.69, 9.17) is 9.47 Å². The molecular formula is C33H52O5. The Labute approximate surface area is 230 Å². The van der Waals surface area contributed by atoms with Gasteiger partial charge in [-0.05, 0) is 112 Å². The van der Waals surface area contributed by atoms with Crippen LogP contribution in [0.2, 0.25) is 0 Å². The van der Waals surface area contributed by atoms with Crippen LogP contribution in [-0.2, 0) is 14.3 Å². The predicted molar refractivity (Wildman–Crippen MR) is 147 cm³/mol. The first kappa shape index (κ1) is 27.3. The molecule has 5 fully saturated rings. The van der Waals surface area contributed by atoms with Gasteiger partial charge in [-0.2, -0.15) is 0 Å². The van der Waals surface area contributed by atoms with Gasteiger partial charge in [-0.25, -0.2) is 0 Å². The fraction of sp³-hybridized carbons (Fsp3) is 0.909. The van der Waals surface area contributed by atoms with Crippen LogP contribution in [0, 0.1) is 50.7 Å². The molecule has 1 heterocycles. The number of ether oxygens (including phenoxy) is 2. The summed E-state index contributed by atoms with van der Waals surface area (Å²) in [5, 5.41) is 22.6. The van der Waals surface area contributed by atoms with Crippen molar-refractivity contribution in [2.45, 2.75) is 137 Å². The lowest BCUT2D eigenvalue weighted by atomic mass is 9.33. The number of hydrogen-bond acceptors (Lipinski definition) is 4. The zero-order chi connectivity index (χ0) is 27.9. The van der Waals surface area contributed by atoms with Crippen LogP contribution in [0.25, 0.3) is 0 Å². The van der Waals surface area contributed by atoms with Crippen LogP contribution < -0.4 is 0 Å². The van der Waals surface area contributed by atoms with Crippen LogP contribution in [0.15, 0.2) is 11.6 Å². The molecule has 0 bridgehead atoms. The highest BCUT2D eigenvalue weighted by Gasteiger charge is 2.72. The molecule has 11 atom stereocenters. The van der Waals surface area contributed by atoms with Crippen molar-refractivity contribution in [3.05, 3.63) is 11.6 Å². The molecule has 0 radical (unpaired) electrons. The largest absolute Gasteiger partial charge is 0.481 e. The zero-order valence-corrected chi connectivity index (χ0v) is 25.3. The summed E-state index contributed by atoms with van der Waals surface area (Å²) in [4.78, 5) is 13.0. The molecule has 5 heteroatoms. The van der Waals surface area contributed by atoms with Gasteiger partial charge in [0.2, 0.25) is 0 Å². The van der Waals surface area contributed by atoms with E-state index in [-0.39, 0.29) is 45.7 Å². The van der Waals surface area contributed by atoms with E-state index in [9.17, 15) is 15.0 Å². The Balaban J connectivity index is 1.46. The molecule has 0 aromatic heterocycles. The fourth-order valence-electron chi connectivity index (χ4n) is 12.0. The van der Waals surface area contributed by atoms with Gasteiger partial charge < -0.3 is 19.7 Å². The van der Waals surface area contributed by atoms with Crippen LogP contribution in [0.3, 0.4) is 0 Å². The van der Waals surface area contributed by atoms with E-state index in [0.29, 0.717) is 24.7 Å². The monoisotopic (exact) mass is 528 g/mol. The van der Waals surface area contributed by atoms with Crippen molar-refractivity contribution in [1.29, 1.82) is 0 Å². The van der Waals surface area contributed by atoms with Crippen LogP contribution in [0.4, 0.5) is 0 Å². The molecule has 0 aromatic rings. The Bertz CT molecular complexity index is 1070. The van der Waals surface area contributed by atoms with E-state index < -0.39 is 22.8 Å². The molecule has 1 aliphatic heterocycles. The van der Waals surface area contributed by atoms with Crippen LogP contribution >= 0.6 is 0 Å². The van der Waals surface area contributed by atoms with Gasteiger partial charge in [-0.3, -0.25) is 4.79 Å². The molecule has 0 aromatic carbocycles. The maximum absolute atomic E-state index is 13.0. The number of aliphatic hydroxyl groups is 1. The second-order valence-electron chi connectivity index (χ2n) is 16.5. The van der Waals surface area contributed by atoms with Crippen LogP contribution in [-0.4, -0.2) is 39.8 Å². The van der Waals surface area contributed by atoms with E-state index in [1.807, 2.05) is 6.92 Å². The number of carbonyl (C=O) groups is 1. The van der Waals surface area contributed by atoms with Gasteiger partial charge in [-0.1, -0.05) is 53.2 Å². The van der Waals surface area contributed by atoms with Gasteiger partial charge in [0.15, 0.2) is 5.79 Å². The number of aliphatic carboxylic acids is 1. The summed E-state index contributed by atoms with van der Waals surface area (Å²) in [6, 6.07) is 0. The van der Waals surface area contributed by atoms with Crippen LogP contribution in [0.5, 0.6) is 0 Å². The molecule has 214 valence electrons. The first-order valence-electron chi connectivity index (χ1n) is 15.4. The minimum Gasteiger partial charge on any atom is -0.481 e. The Kier molecular flexibility index (Phi) is 5.51. The molecule has 6 aliphatic rings. The van der Waals surface area contributed by atoms with E-state index in [2.05, 4.69) is 61.5 Å². The second kappa shape index (κ2) is 7.68. The van der Waals surface area contributed by atoms with Gasteiger partial charge in [-0.15, -0.1) is 0 Å². The molecule has 0 amide bonds. The third-order valence-electron chi connectivity index (χ3n) is 14.2. The number of allylic oxidation sites excluding steroid dienone is 1. The molecule has 0 spiro atoms. The average molecular weight is 529 g/mol. The predicted octanol–water partition coefficient (Wildman–Crippen LogP) is 6.97. The second-order valence-corrected chi connectivity index (χ2v) is 16.5. The topological polar surface area (TPSA) is 76.0 Å². The summed E-state index contributed by atoms with van der Waals surface area (Å²) < 4.78 is 13.1. The van der Waals surface area contributed by atoms with Crippen LogP contribution in [0.1, 0.15) is 114 Å². The van der Waals surface area contributed by atoms with Crippen molar-refractivity contribution in [2.24, 2.45) is 50.7 Å². The molecular weight excluding hydrogens is 476 g/mol. The first-order valence-corrected chi connectivity index (χ1v) is 15.4. The first-order chi connectivity index (χ1) is 17.4. The highest BCUT2D eigenvalue weighted by atomic mass is 16.8. The molecule has 0 unspecified atom stereocenters. The number of hydrogen-bond donors (Lipinski definition) is 2. The van der Waals surface area contributed by atoms with Gasteiger partial charge in [0.05, 0.1) is 23.2 Å². The molecule has 5 aliphatic carbocycles. The van der Waals surface area contributed by atoms with Gasteiger partial charge in [0.25, 0.3) is 0 Å². The normalized spacial score (nSPS) is 56.4. The number of carboxylic acids is 1. The smallest absolute Gasteiger partial charge is 0.310 e. The standard InChI is InChI=1S/C33H52O5/c1-19-12-15-33(26(34)35)17-16-30(7)20(24(33)32(19,9)36)10-11-23-29(6)18-21-25(38-28(4,5)37-21)27(2,3)22(29)13-14-31(23,30)8/h10,19,21-25,36H,11-18H2,1-9H3,(H,34,35)/t19-,21-,22-,23-,24+,25-,29-,30-,31-,32-,33+/m1/s1. The summed E-state index contributed by atoms with van der Waals surface area (Å²) in [5.41, 5.74) is -0.565. The van der Waals surface area contributed by atoms with Crippen molar-refractivity contribution < 1.29 is 24.5 Å². The summed E-state index contributed by atoms with van der Waals surface area (Å²) >= 11 is 0. The van der Waals surface area contributed by atoms with E-state index in [1.54, 1.807) is 0 Å². The van der Waals surface area contributed by atoms with Crippen molar-refractivity contribution in [1.82, 2.24) is 0 Å². The number of carboxylic acid groups (broad SMARTS) is 1. The third-order valence-corrected chi connectivity index (χ3v) is 14.2. The van der Waals surface area contributed by atoms with Gasteiger partial charge in [0, 0.05) is 5.92 Å². The Morgan fingerprint density at radius 2 is 1.61 bits per heavy atom. The lowest BCUT2D eigenvalue weighted by molar-refractivity contribution is -0.222. The lowest BCUT2D eigenvalue weighted by Crippen LogP contribution is -2.68. The maximum Gasteiger partial charge on any atom is 0.310 e. The molecule has 6 rings (SSSR count). The van der Waals surface area contributed by atoms with Gasteiger partial charge in [0.1, 0.15) is 0 Å². The molecule has 38 heavy (non-hydrogen) atoms. The van der Waals surface area contributed by atoms with E-state index >= 15 is 0 Å².